The molecular weight excluding hydrogens is 329 g/mol. The van der Waals surface area contributed by atoms with Crippen molar-refractivity contribution in [1.82, 2.24) is 14.9 Å². The van der Waals surface area contributed by atoms with Gasteiger partial charge >= 0.3 is 0 Å². The molecule has 5 nitrogen and oxygen atoms in total. The summed E-state index contributed by atoms with van der Waals surface area (Å²) in [6.45, 7) is 0.791. The predicted octanol–water partition coefficient (Wildman–Crippen LogP) is 3.70. The van der Waals surface area contributed by atoms with E-state index in [2.05, 4.69) is 32.3 Å². The Balaban J connectivity index is 1.77. The summed E-state index contributed by atoms with van der Waals surface area (Å²) >= 11 is 0. The van der Waals surface area contributed by atoms with Crippen LogP contribution in [0.25, 0.3) is 17.0 Å². The van der Waals surface area contributed by atoms with E-state index >= 15 is 0 Å². The lowest BCUT2D eigenvalue weighted by Crippen LogP contribution is -2.10. The van der Waals surface area contributed by atoms with Gasteiger partial charge in [0.25, 0.3) is 0 Å². The number of nitrogens with two attached hydrogens (primary N) is 1. The van der Waals surface area contributed by atoms with Crippen LogP contribution < -0.4 is 11.1 Å². The van der Waals surface area contributed by atoms with Gasteiger partial charge in [-0.1, -0.05) is 18.2 Å². The van der Waals surface area contributed by atoms with Crippen LogP contribution in [0.1, 0.15) is 11.1 Å². The SMILES string of the molecule is CN(C)Cc1ccc(Nc2ncc3cc(C=C(F)CN)ccc3n2)cc1. The van der Waals surface area contributed by atoms with Crippen LogP contribution in [-0.2, 0) is 6.54 Å². The number of halogens is 1. The maximum Gasteiger partial charge on any atom is 0.227 e. The Morgan fingerprint density at radius 1 is 1.19 bits per heavy atom. The molecule has 0 spiro atoms. The third kappa shape index (κ3) is 4.62. The molecule has 134 valence electrons. The number of rotatable bonds is 6. The van der Waals surface area contributed by atoms with Gasteiger partial charge in [0.05, 0.1) is 5.52 Å². The zero-order chi connectivity index (χ0) is 18.5. The molecule has 0 saturated heterocycles. The summed E-state index contributed by atoms with van der Waals surface area (Å²) in [7, 11) is 4.08. The predicted molar refractivity (Wildman–Crippen MR) is 105 cm³/mol. The number of nitrogens with zero attached hydrogens (tertiary/aromatic N) is 3. The molecule has 3 N–H and O–H groups in total. The van der Waals surface area contributed by atoms with Gasteiger partial charge in [0.2, 0.25) is 5.95 Å². The summed E-state index contributed by atoms with van der Waals surface area (Å²) in [6, 6.07) is 13.7. The summed E-state index contributed by atoms with van der Waals surface area (Å²) in [4.78, 5) is 11.0. The number of nitrogens with one attached hydrogen (secondary N) is 1. The molecule has 0 unspecified atom stereocenters. The highest BCUT2D eigenvalue weighted by Crippen LogP contribution is 2.19. The fourth-order valence-electron chi connectivity index (χ4n) is 2.63. The lowest BCUT2D eigenvalue weighted by molar-refractivity contribution is 0.402. The molecule has 0 fully saturated rings. The number of anilines is 2. The van der Waals surface area contributed by atoms with Crippen molar-refractivity contribution in [3.63, 3.8) is 0 Å². The third-order valence-corrected chi connectivity index (χ3v) is 3.83. The Hall–Kier alpha value is -2.83. The molecule has 0 radical (unpaired) electrons. The average molecular weight is 351 g/mol. The van der Waals surface area contributed by atoms with Crippen LogP contribution >= 0.6 is 0 Å². The van der Waals surface area contributed by atoms with Gasteiger partial charge in [-0.05, 0) is 55.6 Å². The molecule has 0 aliphatic carbocycles. The number of fused-ring (bicyclic) bond motifs is 1. The maximum absolute atomic E-state index is 13.3. The van der Waals surface area contributed by atoms with Gasteiger partial charge in [0.1, 0.15) is 5.83 Å². The zero-order valence-electron chi connectivity index (χ0n) is 14.9. The molecule has 3 rings (SSSR count). The molecule has 1 aromatic heterocycles. The average Bonchev–Trinajstić information content (AvgIpc) is 2.63. The van der Waals surface area contributed by atoms with Crippen molar-refractivity contribution in [3.05, 3.63) is 65.6 Å². The number of hydrogen-bond donors (Lipinski definition) is 2. The minimum atomic E-state index is -0.360. The summed E-state index contributed by atoms with van der Waals surface area (Å²) in [6.07, 6.45) is 3.14. The molecule has 1 heterocycles. The largest absolute Gasteiger partial charge is 0.325 e. The lowest BCUT2D eigenvalue weighted by Gasteiger charge is -2.10. The Kier molecular flexibility index (Phi) is 5.55. The maximum atomic E-state index is 13.3. The van der Waals surface area contributed by atoms with Crippen LogP contribution in [0.4, 0.5) is 16.0 Å². The van der Waals surface area contributed by atoms with E-state index in [1.54, 1.807) is 6.20 Å². The minimum absolute atomic E-state index is 0.106. The van der Waals surface area contributed by atoms with Crippen molar-refractivity contribution < 1.29 is 4.39 Å². The summed E-state index contributed by atoms with van der Waals surface area (Å²) in [5.41, 5.74) is 8.97. The molecule has 0 saturated carbocycles. The highest BCUT2D eigenvalue weighted by Gasteiger charge is 2.03. The molecule has 0 aliphatic heterocycles. The molecular formula is C20H22FN5. The molecule has 2 aromatic carbocycles. The van der Waals surface area contributed by atoms with Gasteiger partial charge < -0.3 is 16.0 Å². The van der Waals surface area contributed by atoms with Gasteiger partial charge in [0, 0.05) is 30.4 Å². The Morgan fingerprint density at radius 3 is 2.65 bits per heavy atom. The minimum Gasteiger partial charge on any atom is -0.325 e. The van der Waals surface area contributed by atoms with Crippen LogP contribution in [0.5, 0.6) is 0 Å². The molecule has 0 amide bonds. The molecule has 0 bridgehead atoms. The number of aromatic nitrogens is 2. The van der Waals surface area contributed by atoms with Crippen molar-refractivity contribution in [2.45, 2.75) is 6.54 Å². The van der Waals surface area contributed by atoms with Crippen LogP contribution in [0, 0.1) is 0 Å². The monoisotopic (exact) mass is 351 g/mol. The topological polar surface area (TPSA) is 67.1 Å². The van der Waals surface area contributed by atoms with Crippen molar-refractivity contribution in [1.29, 1.82) is 0 Å². The van der Waals surface area contributed by atoms with Crippen LogP contribution in [0.2, 0.25) is 0 Å². The van der Waals surface area contributed by atoms with E-state index < -0.39 is 0 Å². The summed E-state index contributed by atoms with van der Waals surface area (Å²) < 4.78 is 13.3. The van der Waals surface area contributed by atoms with E-state index in [4.69, 9.17) is 5.73 Å². The Bertz CT molecular complexity index is 919. The van der Waals surface area contributed by atoms with Gasteiger partial charge in [-0.2, -0.15) is 0 Å². The van der Waals surface area contributed by atoms with Crippen molar-refractivity contribution in [3.8, 4) is 0 Å². The lowest BCUT2D eigenvalue weighted by atomic mass is 10.1. The number of hydrogen-bond acceptors (Lipinski definition) is 5. The number of benzene rings is 2. The van der Waals surface area contributed by atoms with Gasteiger partial charge in [-0.15, -0.1) is 0 Å². The zero-order valence-corrected chi connectivity index (χ0v) is 14.9. The molecule has 6 heteroatoms. The normalized spacial score (nSPS) is 12.0. The van der Waals surface area contributed by atoms with Gasteiger partial charge in [0.15, 0.2) is 0 Å². The fourth-order valence-corrected chi connectivity index (χ4v) is 2.63. The van der Waals surface area contributed by atoms with Gasteiger partial charge in [-0.25, -0.2) is 14.4 Å². The smallest absolute Gasteiger partial charge is 0.227 e. The second kappa shape index (κ2) is 8.03. The second-order valence-electron chi connectivity index (χ2n) is 6.37. The first kappa shape index (κ1) is 18.0. The Morgan fingerprint density at radius 2 is 1.96 bits per heavy atom. The first-order valence-corrected chi connectivity index (χ1v) is 8.37. The van der Waals surface area contributed by atoms with Crippen LogP contribution in [0.3, 0.4) is 0 Å². The van der Waals surface area contributed by atoms with E-state index in [1.807, 2.05) is 44.4 Å². The third-order valence-electron chi connectivity index (χ3n) is 3.83. The standard InChI is InChI=1S/C20H22FN5/c1-26(2)13-14-3-6-18(7-4-14)24-20-23-12-16-9-15(10-17(21)11-22)5-8-19(16)25-20/h3-10,12H,11,13,22H2,1-2H3,(H,23,24,25). The molecule has 0 atom stereocenters. The molecule has 0 aliphatic rings. The highest BCUT2D eigenvalue weighted by atomic mass is 19.1. The van der Waals surface area contributed by atoms with E-state index in [0.717, 1.165) is 28.7 Å². The van der Waals surface area contributed by atoms with Gasteiger partial charge in [-0.3, -0.25) is 0 Å². The molecule has 3 aromatic rings. The summed E-state index contributed by atoms with van der Waals surface area (Å²) in [5, 5.41) is 4.05. The van der Waals surface area contributed by atoms with E-state index in [9.17, 15) is 4.39 Å². The Labute approximate surface area is 152 Å². The quantitative estimate of drug-likeness (QED) is 0.709. The van der Waals surface area contributed by atoms with Crippen LogP contribution in [0.15, 0.2) is 54.5 Å². The van der Waals surface area contributed by atoms with Crippen molar-refractivity contribution in [2.24, 2.45) is 5.73 Å². The van der Waals surface area contributed by atoms with Crippen LogP contribution in [-0.4, -0.2) is 35.5 Å². The first-order chi connectivity index (χ1) is 12.5. The highest BCUT2D eigenvalue weighted by molar-refractivity contribution is 5.81. The van der Waals surface area contributed by atoms with Crippen molar-refractivity contribution in [2.75, 3.05) is 26.0 Å². The second-order valence-corrected chi connectivity index (χ2v) is 6.37. The van der Waals surface area contributed by atoms with E-state index in [1.165, 1.54) is 11.6 Å². The van der Waals surface area contributed by atoms with Crippen molar-refractivity contribution >= 4 is 28.6 Å². The summed E-state index contributed by atoms with van der Waals surface area (Å²) in [5.74, 6) is 0.163. The molecule has 26 heavy (non-hydrogen) atoms. The first-order valence-electron chi connectivity index (χ1n) is 8.37. The van der Waals surface area contributed by atoms with E-state index in [0.29, 0.717) is 5.95 Å². The fraction of sp³-hybridized carbons (Fsp3) is 0.200. The van der Waals surface area contributed by atoms with E-state index in [-0.39, 0.29) is 12.4 Å².